The zero-order valence-electron chi connectivity index (χ0n) is 10.8. The van der Waals surface area contributed by atoms with Crippen molar-refractivity contribution in [2.75, 3.05) is 13.2 Å². The molecule has 2 heterocycles. The number of aliphatic carboxylic acids is 1. The molecule has 5 heteroatoms. The van der Waals surface area contributed by atoms with Gasteiger partial charge in [0, 0.05) is 23.5 Å². The molecule has 0 bridgehead atoms. The monoisotopic (exact) mass is 281 g/mol. The number of carboxylic acids is 1. The molecule has 1 aliphatic rings. The normalized spacial score (nSPS) is 21.0. The summed E-state index contributed by atoms with van der Waals surface area (Å²) < 4.78 is 0. The standard InChI is InChI=1S/C14H19NO3S/c16-10-12-3-1-2-7-15(12)9-13-11(6-8-19-13)4-5-14(17)18/h4-6,8,12,16H,1-3,7,9-10H2,(H,17,18). The first kappa shape index (κ1) is 14.2. The van der Waals surface area contributed by atoms with Gasteiger partial charge >= 0.3 is 5.97 Å². The van der Waals surface area contributed by atoms with Crippen molar-refractivity contribution < 1.29 is 15.0 Å². The van der Waals surface area contributed by atoms with Gasteiger partial charge in [0.05, 0.1) is 6.61 Å². The van der Waals surface area contributed by atoms with E-state index in [-0.39, 0.29) is 12.6 Å². The van der Waals surface area contributed by atoms with E-state index in [0.29, 0.717) is 0 Å². The van der Waals surface area contributed by atoms with Crippen LogP contribution in [0.3, 0.4) is 0 Å². The first-order chi connectivity index (χ1) is 9.20. The molecule has 4 nitrogen and oxygen atoms in total. The second-order valence-corrected chi connectivity index (χ2v) is 5.77. The Kier molecular flexibility index (Phi) is 5.13. The molecule has 1 unspecified atom stereocenters. The third kappa shape index (κ3) is 3.89. The van der Waals surface area contributed by atoms with Gasteiger partial charge in [-0.05, 0) is 42.5 Å². The fourth-order valence-corrected chi connectivity index (χ4v) is 3.34. The molecule has 0 radical (unpaired) electrons. The van der Waals surface area contributed by atoms with Crippen LogP contribution < -0.4 is 0 Å². The molecule has 1 aromatic heterocycles. The molecule has 1 aromatic rings. The molecule has 104 valence electrons. The summed E-state index contributed by atoms with van der Waals surface area (Å²) in [5.74, 6) is -0.927. The van der Waals surface area contributed by atoms with Crippen molar-refractivity contribution in [3.63, 3.8) is 0 Å². The number of rotatable bonds is 5. The Hall–Kier alpha value is -1.17. The van der Waals surface area contributed by atoms with Gasteiger partial charge < -0.3 is 10.2 Å². The summed E-state index contributed by atoms with van der Waals surface area (Å²) in [6.45, 7) is 2.00. The zero-order chi connectivity index (χ0) is 13.7. The lowest BCUT2D eigenvalue weighted by atomic mass is 10.0. The average molecular weight is 281 g/mol. The largest absolute Gasteiger partial charge is 0.478 e. The highest BCUT2D eigenvalue weighted by Gasteiger charge is 2.22. The van der Waals surface area contributed by atoms with Gasteiger partial charge in [0.2, 0.25) is 0 Å². The first-order valence-corrected chi connectivity index (χ1v) is 7.41. The maximum absolute atomic E-state index is 10.6. The minimum absolute atomic E-state index is 0.200. The number of aliphatic hydroxyl groups is 1. The van der Waals surface area contributed by atoms with Crippen LogP contribution in [0.15, 0.2) is 17.5 Å². The number of nitrogens with zero attached hydrogens (tertiary/aromatic N) is 1. The first-order valence-electron chi connectivity index (χ1n) is 6.53. The van der Waals surface area contributed by atoms with Crippen LogP contribution in [0.2, 0.25) is 0 Å². The van der Waals surface area contributed by atoms with Crippen molar-refractivity contribution >= 4 is 23.4 Å². The summed E-state index contributed by atoms with van der Waals surface area (Å²) in [7, 11) is 0. The maximum Gasteiger partial charge on any atom is 0.328 e. The lowest BCUT2D eigenvalue weighted by Crippen LogP contribution is -2.41. The van der Waals surface area contributed by atoms with Crippen molar-refractivity contribution in [3.8, 4) is 0 Å². The summed E-state index contributed by atoms with van der Waals surface area (Å²) in [6, 6.07) is 2.18. The minimum atomic E-state index is -0.927. The topological polar surface area (TPSA) is 60.8 Å². The Morgan fingerprint density at radius 3 is 3.11 bits per heavy atom. The number of piperidine rings is 1. The second-order valence-electron chi connectivity index (χ2n) is 4.77. The van der Waals surface area contributed by atoms with Crippen molar-refractivity contribution in [1.82, 2.24) is 4.90 Å². The van der Waals surface area contributed by atoms with Crippen molar-refractivity contribution in [1.29, 1.82) is 0 Å². The average Bonchev–Trinajstić information content (AvgIpc) is 2.84. The molecule has 0 amide bonds. The molecule has 1 aliphatic heterocycles. The SMILES string of the molecule is O=C(O)C=Cc1ccsc1CN1CCCCC1CO. The molecule has 0 spiro atoms. The summed E-state index contributed by atoms with van der Waals surface area (Å²) >= 11 is 1.64. The fourth-order valence-electron chi connectivity index (χ4n) is 2.45. The van der Waals surface area contributed by atoms with Gasteiger partial charge in [0.1, 0.15) is 0 Å². The van der Waals surface area contributed by atoms with Crippen LogP contribution in [0.1, 0.15) is 29.7 Å². The molecule has 0 aromatic carbocycles. The molecular weight excluding hydrogens is 262 g/mol. The van der Waals surface area contributed by atoms with E-state index in [1.807, 2.05) is 11.4 Å². The lowest BCUT2D eigenvalue weighted by molar-refractivity contribution is -0.131. The quantitative estimate of drug-likeness (QED) is 0.812. The summed E-state index contributed by atoms with van der Waals surface area (Å²) in [6.07, 6.45) is 6.21. The van der Waals surface area contributed by atoms with Gasteiger partial charge in [-0.2, -0.15) is 0 Å². The van der Waals surface area contributed by atoms with Crippen LogP contribution >= 0.6 is 11.3 Å². The van der Waals surface area contributed by atoms with E-state index in [0.717, 1.165) is 30.0 Å². The number of hydrogen-bond acceptors (Lipinski definition) is 4. The predicted molar refractivity (Wildman–Crippen MR) is 76.1 cm³/mol. The van der Waals surface area contributed by atoms with E-state index < -0.39 is 5.97 Å². The van der Waals surface area contributed by atoms with Crippen LogP contribution in [0.5, 0.6) is 0 Å². The van der Waals surface area contributed by atoms with E-state index in [1.165, 1.54) is 18.9 Å². The Balaban J connectivity index is 2.06. The number of likely N-dealkylation sites (tertiary alicyclic amines) is 1. The Bertz CT molecular complexity index is 455. The van der Waals surface area contributed by atoms with E-state index >= 15 is 0 Å². The number of aliphatic hydroxyl groups excluding tert-OH is 1. The molecule has 0 aliphatic carbocycles. The van der Waals surface area contributed by atoms with Crippen molar-refractivity contribution in [2.24, 2.45) is 0 Å². The lowest BCUT2D eigenvalue weighted by Gasteiger charge is -2.34. The molecule has 2 rings (SSSR count). The predicted octanol–water partition coefficient (Wildman–Crippen LogP) is 2.19. The van der Waals surface area contributed by atoms with Crippen molar-refractivity contribution in [2.45, 2.75) is 31.8 Å². The fraction of sp³-hybridized carbons (Fsp3) is 0.500. The number of hydrogen-bond donors (Lipinski definition) is 2. The third-order valence-electron chi connectivity index (χ3n) is 3.49. The number of carbonyl (C=O) groups is 1. The summed E-state index contributed by atoms with van der Waals surface area (Å²) in [5, 5.41) is 20.1. The summed E-state index contributed by atoms with van der Waals surface area (Å²) in [5.41, 5.74) is 0.967. The maximum atomic E-state index is 10.6. The van der Waals surface area contributed by atoms with Crippen LogP contribution in [0.25, 0.3) is 6.08 Å². The number of thiophene rings is 1. The smallest absolute Gasteiger partial charge is 0.328 e. The van der Waals surface area contributed by atoms with E-state index in [2.05, 4.69) is 4.90 Å². The molecule has 1 saturated heterocycles. The van der Waals surface area contributed by atoms with Crippen molar-refractivity contribution in [3.05, 3.63) is 28.0 Å². The van der Waals surface area contributed by atoms with E-state index in [9.17, 15) is 9.90 Å². The zero-order valence-corrected chi connectivity index (χ0v) is 11.6. The summed E-state index contributed by atoms with van der Waals surface area (Å²) in [4.78, 5) is 14.0. The minimum Gasteiger partial charge on any atom is -0.478 e. The molecule has 0 saturated carbocycles. The highest BCUT2D eigenvalue weighted by molar-refractivity contribution is 7.10. The Morgan fingerprint density at radius 1 is 1.53 bits per heavy atom. The highest BCUT2D eigenvalue weighted by Crippen LogP contribution is 2.24. The van der Waals surface area contributed by atoms with E-state index in [4.69, 9.17) is 5.11 Å². The van der Waals surface area contributed by atoms with Gasteiger partial charge in [0.15, 0.2) is 0 Å². The molecular formula is C14H19NO3S. The van der Waals surface area contributed by atoms with Gasteiger partial charge in [-0.3, -0.25) is 4.90 Å². The van der Waals surface area contributed by atoms with Crippen LogP contribution in [-0.2, 0) is 11.3 Å². The second kappa shape index (κ2) is 6.84. The van der Waals surface area contributed by atoms with Gasteiger partial charge in [-0.1, -0.05) is 6.42 Å². The van der Waals surface area contributed by atoms with Crippen LogP contribution in [0, 0.1) is 0 Å². The molecule has 2 N–H and O–H groups in total. The molecule has 1 atom stereocenters. The highest BCUT2D eigenvalue weighted by atomic mass is 32.1. The van der Waals surface area contributed by atoms with Gasteiger partial charge in [0.25, 0.3) is 0 Å². The van der Waals surface area contributed by atoms with Crippen LogP contribution in [0.4, 0.5) is 0 Å². The third-order valence-corrected chi connectivity index (χ3v) is 4.41. The molecule has 19 heavy (non-hydrogen) atoms. The number of carboxylic acid groups (broad SMARTS) is 1. The Labute approximate surface area is 117 Å². The Morgan fingerprint density at radius 2 is 2.37 bits per heavy atom. The van der Waals surface area contributed by atoms with E-state index in [1.54, 1.807) is 17.4 Å². The molecule has 1 fully saturated rings. The van der Waals surface area contributed by atoms with Crippen LogP contribution in [-0.4, -0.2) is 40.3 Å². The van der Waals surface area contributed by atoms with Gasteiger partial charge in [-0.25, -0.2) is 4.79 Å². The van der Waals surface area contributed by atoms with Gasteiger partial charge in [-0.15, -0.1) is 11.3 Å².